The zero-order valence-electron chi connectivity index (χ0n) is 16.1. The van der Waals surface area contributed by atoms with Crippen molar-refractivity contribution in [2.45, 2.75) is 32.9 Å². The van der Waals surface area contributed by atoms with E-state index in [0.29, 0.717) is 29.6 Å². The molecule has 1 unspecified atom stereocenters. The minimum atomic E-state index is -0.657. The molecule has 3 rings (SSSR count). The SMILES string of the molecule is CCC(Oc1ccccc1OC)C(=O)NCc1nc(-c2cccc(C)c2)no1. The summed E-state index contributed by atoms with van der Waals surface area (Å²) in [6.07, 6.45) is -0.155. The van der Waals surface area contributed by atoms with Crippen LogP contribution in [0.4, 0.5) is 0 Å². The van der Waals surface area contributed by atoms with E-state index in [9.17, 15) is 4.79 Å². The van der Waals surface area contributed by atoms with E-state index in [1.165, 1.54) is 0 Å². The quantitative estimate of drug-likeness (QED) is 0.642. The summed E-state index contributed by atoms with van der Waals surface area (Å²) in [7, 11) is 1.56. The molecule has 146 valence electrons. The Hall–Kier alpha value is -3.35. The number of benzene rings is 2. The minimum absolute atomic E-state index is 0.128. The Morgan fingerprint density at radius 1 is 1.18 bits per heavy atom. The van der Waals surface area contributed by atoms with Crippen LogP contribution >= 0.6 is 0 Å². The van der Waals surface area contributed by atoms with Crippen LogP contribution in [0, 0.1) is 6.92 Å². The van der Waals surface area contributed by atoms with Gasteiger partial charge in [-0.3, -0.25) is 4.79 Å². The third-order valence-corrected chi connectivity index (χ3v) is 4.16. The van der Waals surface area contributed by atoms with Gasteiger partial charge in [0.25, 0.3) is 5.91 Å². The summed E-state index contributed by atoms with van der Waals surface area (Å²) in [4.78, 5) is 16.8. The van der Waals surface area contributed by atoms with Crippen LogP contribution in [0.25, 0.3) is 11.4 Å². The van der Waals surface area contributed by atoms with E-state index in [4.69, 9.17) is 14.0 Å². The summed E-state index contributed by atoms with van der Waals surface area (Å²) in [5.41, 5.74) is 1.98. The molecule has 0 spiro atoms. The minimum Gasteiger partial charge on any atom is -0.493 e. The molecule has 0 saturated heterocycles. The van der Waals surface area contributed by atoms with Gasteiger partial charge in [0.2, 0.25) is 11.7 Å². The third-order valence-electron chi connectivity index (χ3n) is 4.16. The molecule has 1 atom stereocenters. The Bertz CT molecular complexity index is 939. The van der Waals surface area contributed by atoms with Crippen LogP contribution in [0.3, 0.4) is 0 Å². The molecule has 0 bridgehead atoms. The molecular formula is C21H23N3O4. The molecule has 1 N–H and O–H groups in total. The summed E-state index contributed by atoms with van der Waals surface area (Å²) in [6, 6.07) is 15.0. The first-order valence-electron chi connectivity index (χ1n) is 9.07. The smallest absolute Gasteiger partial charge is 0.261 e. The Kier molecular flexibility index (Phi) is 6.26. The van der Waals surface area contributed by atoms with E-state index in [-0.39, 0.29) is 12.5 Å². The number of rotatable bonds is 8. The number of carbonyl (C=O) groups is 1. The van der Waals surface area contributed by atoms with E-state index in [2.05, 4.69) is 15.5 Å². The van der Waals surface area contributed by atoms with Gasteiger partial charge in [-0.15, -0.1) is 0 Å². The molecule has 0 aliphatic heterocycles. The van der Waals surface area contributed by atoms with Crippen LogP contribution in [-0.4, -0.2) is 29.3 Å². The van der Waals surface area contributed by atoms with E-state index in [1.54, 1.807) is 19.2 Å². The number of aryl methyl sites for hydroxylation is 1. The molecule has 0 radical (unpaired) electrons. The number of hydrogen-bond donors (Lipinski definition) is 1. The number of nitrogens with zero attached hydrogens (tertiary/aromatic N) is 2. The lowest BCUT2D eigenvalue weighted by Crippen LogP contribution is -2.37. The second kappa shape index (κ2) is 9.03. The van der Waals surface area contributed by atoms with Crippen molar-refractivity contribution >= 4 is 5.91 Å². The van der Waals surface area contributed by atoms with Gasteiger partial charge in [-0.05, 0) is 31.5 Å². The topological polar surface area (TPSA) is 86.5 Å². The average molecular weight is 381 g/mol. The van der Waals surface area contributed by atoms with Gasteiger partial charge in [-0.1, -0.05) is 48.0 Å². The first kappa shape index (κ1) is 19.4. The van der Waals surface area contributed by atoms with Crippen molar-refractivity contribution in [2.24, 2.45) is 0 Å². The first-order chi connectivity index (χ1) is 13.6. The van der Waals surface area contributed by atoms with Gasteiger partial charge in [0.1, 0.15) is 0 Å². The predicted molar refractivity (Wildman–Crippen MR) is 104 cm³/mol. The van der Waals surface area contributed by atoms with E-state index in [1.807, 2.05) is 50.2 Å². The maximum atomic E-state index is 12.5. The van der Waals surface area contributed by atoms with Crippen LogP contribution in [0.5, 0.6) is 11.5 Å². The molecule has 0 aliphatic rings. The molecule has 1 aromatic heterocycles. The van der Waals surface area contributed by atoms with Crippen molar-refractivity contribution in [3.8, 4) is 22.9 Å². The lowest BCUT2D eigenvalue weighted by Gasteiger charge is -2.18. The molecule has 2 aromatic carbocycles. The van der Waals surface area contributed by atoms with Crippen LogP contribution < -0.4 is 14.8 Å². The highest BCUT2D eigenvalue weighted by atomic mass is 16.5. The van der Waals surface area contributed by atoms with E-state index < -0.39 is 6.10 Å². The molecule has 3 aromatic rings. The maximum Gasteiger partial charge on any atom is 0.261 e. The largest absolute Gasteiger partial charge is 0.493 e. The van der Waals surface area contributed by atoms with Gasteiger partial charge in [-0.25, -0.2) is 0 Å². The van der Waals surface area contributed by atoms with Crippen molar-refractivity contribution < 1.29 is 18.8 Å². The zero-order chi connectivity index (χ0) is 19.9. The van der Waals surface area contributed by atoms with Crippen LogP contribution in [0.15, 0.2) is 53.1 Å². The van der Waals surface area contributed by atoms with Crippen molar-refractivity contribution in [1.29, 1.82) is 0 Å². The Balaban J connectivity index is 1.61. The van der Waals surface area contributed by atoms with Crippen LogP contribution in [0.1, 0.15) is 24.8 Å². The molecule has 1 amide bonds. The number of para-hydroxylation sites is 2. The second-order valence-corrected chi connectivity index (χ2v) is 6.26. The molecule has 0 aliphatic carbocycles. The standard InChI is InChI=1S/C21H23N3O4/c1-4-16(27-18-11-6-5-10-17(18)26-3)21(25)22-13-19-23-20(24-28-19)15-9-7-8-14(2)12-15/h5-12,16H,4,13H2,1-3H3,(H,22,25). The fourth-order valence-electron chi connectivity index (χ4n) is 2.70. The third kappa shape index (κ3) is 4.68. The molecule has 7 nitrogen and oxygen atoms in total. The van der Waals surface area contributed by atoms with E-state index in [0.717, 1.165) is 11.1 Å². The second-order valence-electron chi connectivity index (χ2n) is 6.26. The van der Waals surface area contributed by atoms with Crippen molar-refractivity contribution in [3.63, 3.8) is 0 Å². The van der Waals surface area contributed by atoms with Crippen molar-refractivity contribution in [1.82, 2.24) is 15.5 Å². The van der Waals surface area contributed by atoms with Crippen LogP contribution in [0.2, 0.25) is 0 Å². The average Bonchev–Trinajstić information content (AvgIpc) is 3.19. The highest BCUT2D eigenvalue weighted by Crippen LogP contribution is 2.27. The molecule has 1 heterocycles. The molecule has 0 saturated carbocycles. The van der Waals surface area contributed by atoms with E-state index >= 15 is 0 Å². The lowest BCUT2D eigenvalue weighted by molar-refractivity contribution is -0.128. The Morgan fingerprint density at radius 3 is 2.68 bits per heavy atom. The molecular weight excluding hydrogens is 358 g/mol. The number of carbonyl (C=O) groups excluding carboxylic acids is 1. The fraction of sp³-hybridized carbons (Fsp3) is 0.286. The van der Waals surface area contributed by atoms with Gasteiger partial charge in [0, 0.05) is 5.56 Å². The summed E-state index contributed by atoms with van der Waals surface area (Å²) >= 11 is 0. The monoisotopic (exact) mass is 381 g/mol. The van der Waals surface area contributed by atoms with Crippen molar-refractivity contribution in [3.05, 3.63) is 60.0 Å². The highest BCUT2D eigenvalue weighted by molar-refractivity contribution is 5.81. The van der Waals surface area contributed by atoms with Gasteiger partial charge in [0.15, 0.2) is 17.6 Å². The number of nitrogens with one attached hydrogen (secondary N) is 1. The summed E-state index contributed by atoms with van der Waals surface area (Å²) < 4.78 is 16.3. The number of ether oxygens (including phenoxy) is 2. The Morgan fingerprint density at radius 2 is 1.96 bits per heavy atom. The Labute approximate surface area is 163 Å². The number of hydrogen-bond acceptors (Lipinski definition) is 6. The summed E-state index contributed by atoms with van der Waals surface area (Å²) in [6.45, 7) is 4.00. The number of amides is 1. The number of aromatic nitrogens is 2. The zero-order valence-corrected chi connectivity index (χ0v) is 16.1. The molecule has 7 heteroatoms. The van der Waals surface area contributed by atoms with Gasteiger partial charge < -0.3 is 19.3 Å². The number of methoxy groups -OCH3 is 1. The normalized spacial score (nSPS) is 11.7. The first-order valence-corrected chi connectivity index (χ1v) is 9.07. The molecule has 0 fully saturated rings. The fourth-order valence-corrected chi connectivity index (χ4v) is 2.70. The highest BCUT2D eigenvalue weighted by Gasteiger charge is 2.20. The van der Waals surface area contributed by atoms with Gasteiger partial charge in [0.05, 0.1) is 13.7 Å². The maximum absolute atomic E-state index is 12.5. The summed E-state index contributed by atoms with van der Waals surface area (Å²) in [5.74, 6) is 1.66. The van der Waals surface area contributed by atoms with Gasteiger partial charge in [-0.2, -0.15) is 4.98 Å². The van der Waals surface area contributed by atoms with Gasteiger partial charge >= 0.3 is 0 Å². The lowest BCUT2D eigenvalue weighted by atomic mass is 10.1. The molecule has 28 heavy (non-hydrogen) atoms. The predicted octanol–water partition coefficient (Wildman–Crippen LogP) is 3.53. The summed E-state index contributed by atoms with van der Waals surface area (Å²) in [5, 5.41) is 6.76. The van der Waals surface area contributed by atoms with Crippen molar-refractivity contribution in [2.75, 3.05) is 7.11 Å². The van der Waals surface area contributed by atoms with Crippen LogP contribution in [-0.2, 0) is 11.3 Å².